The van der Waals surface area contributed by atoms with Crippen molar-refractivity contribution in [2.24, 2.45) is 0 Å². The summed E-state index contributed by atoms with van der Waals surface area (Å²) in [5, 5.41) is 3.06. The van der Waals surface area contributed by atoms with E-state index in [4.69, 9.17) is 11.6 Å². The quantitative estimate of drug-likeness (QED) is 0.874. The van der Waals surface area contributed by atoms with Gasteiger partial charge < -0.3 is 5.32 Å². The summed E-state index contributed by atoms with van der Waals surface area (Å²) in [5.74, 6) is -1.76. The molecule has 0 amide bonds. The minimum Gasteiger partial charge on any atom is -0.381 e. The van der Waals surface area contributed by atoms with Crippen molar-refractivity contribution in [3.05, 3.63) is 64.4 Å². The van der Waals surface area contributed by atoms with E-state index in [0.29, 0.717) is 5.69 Å². The summed E-state index contributed by atoms with van der Waals surface area (Å²) in [6.07, 6.45) is 0. The molecule has 0 unspecified atom stereocenters. The van der Waals surface area contributed by atoms with E-state index < -0.39 is 17.5 Å². The van der Waals surface area contributed by atoms with Crippen LogP contribution in [0.2, 0.25) is 5.02 Å². The van der Waals surface area contributed by atoms with E-state index in [1.807, 2.05) is 0 Å². The summed E-state index contributed by atoms with van der Waals surface area (Å²) in [4.78, 5) is 0. The SMILES string of the molecule is Fc1cc(Cl)cc(NCc2ccc(F)cc2F)c1. The van der Waals surface area contributed by atoms with Gasteiger partial charge >= 0.3 is 0 Å². The molecule has 0 saturated carbocycles. The fraction of sp³-hybridized carbons (Fsp3) is 0.0769. The third-order valence-corrected chi connectivity index (χ3v) is 2.58. The van der Waals surface area contributed by atoms with E-state index in [1.165, 1.54) is 30.3 Å². The lowest BCUT2D eigenvalue weighted by Crippen LogP contribution is -2.02. The molecule has 0 spiro atoms. The lowest BCUT2D eigenvalue weighted by atomic mass is 10.2. The summed E-state index contributed by atoms with van der Waals surface area (Å²) >= 11 is 5.68. The van der Waals surface area contributed by atoms with Gasteiger partial charge in [-0.2, -0.15) is 0 Å². The van der Waals surface area contributed by atoms with E-state index >= 15 is 0 Å². The summed E-state index contributed by atoms with van der Waals surface area (Å²) in [7, 11) is 0. The molecule has 0 atom stereocenters. The van der Waals surface area contributed by atoms with Gasteiger partial charge in [-0.25, -0.2) is 13.2 Å². The van der Waals surface area contributed by atoms with Gasteiger partial charge in [0.05, 0.1) is 0 Å². The van der Waals surface area contributed by atoms with Gasteiger partial charge in [-0.15, -0.1) is 0 Å². The van der Waals surface area contributed by atoms with Gasteiger partial charge in [0.2, 0.25) is 0 Å². The molecule has 94 valence electrons. The number of rotatable bonds is 3. The van der Waals surface area contributed by atoms with Gasteiger partial charge in [0.25, 0.3) is 0 Å². The number of hydrogen-bond acceptors (Lipinski definition) is 1. The highest BCUT2D eigenvalue weighted by Crippen LogP contribution is 2.19. The second kappa shape index (κ2) is 5.31. The van der Waals surface area contributed by atoms with Gasteiger partial charge in [-0.1, -0.05) is 17.7 Å². The summed E-state index contributed by atoms with van der Waals surface area (Å²) < 4.78 is 39.1. The second-order valence-electron chi connectivity index (χ2n) is 3.75. The van der Waals surface area contributed by atoms with Crippen LogP contribution in [0.1, 0.15) is 5.56 Å². The standard InChI is InChI=1S/C13H9ClF3N/c14-9-3-11(16)5-12(4-9)18-7-8-1-2-10(15)6-13(8)17/h1-6,18H,7H2. The molecule has 0 bridgehead atoms. The maximum atomic E-state index is 13.3. The second-order valence-corrected chi connectivity index (χ2v) is 4.18. The number of nitrogens with one attached hydrogen (secondary N) is 1. The van der Waals surface area contributed by atoms with Crippen molar-refractivity contribution in [1.82, 2.24) is 0 Å². The zero-order valence-electron chi connectivity index (χ0n) is 9.18. The molecule has 5 heteroatoms. The van der Waals surface area contributed by atoms with E-state index in [9.17, 15) is 13.2 Å². The molecule has 0 heterocycles. The van der Waals surface area contributed by atoms with Gasteiger partial charge in [-0.3, -0.25) is 0 Å². The van der Waals surface area contributed by atoms with Crippen LogP contribution in [-0.4, -0.2) is 0 Å². The minimum atomic E-state index is -0.648. The van der Waals surface area contributed by atoms with E-state index in [0.717, 1.165) is 6.07 Å². The molecule has 1 N–H and O–H groups in total. The summed E-state index contributed by atoms with van der Waals surface area (Å²) in [6, 6.07) is 7.23. The zero-order chi connectivity index (χ0) is 13.1. The number of hydrogen-bond donors (Lipinski definition) is 1. The van der Waals surface area contributed by atoms with Crippen molar-refractivity contribution in [3.8, 4) is 0 Å². The largest absolute Gasteiger partial charge is 0.381 e. The first-order valence-electron chi connectivity index (χ1n) is 5.18. The molecule has 0 aliphatic heterocycles. The average molecular weight is 272 g/mol. The summed E-state index contributed by atoms with van der Waals surface area (Å²) in [5.41, 5.74) is 0.723. The van der Waals surface area contributed by atoms with Crippen LogP contribution < -0.4 is 5.32 Å². The zero-order valence-corrected chi connectivity index (χ0v) is 9.94. The Bertz CT molecular complexity index is 552. The molecule has 0 fully saturated rings. The Kier molecular flexibility index (Phi) is 3.77. The fourth-order valence-electron chi connectivity index (χ4n) is 1.52. The minimum absolute atomic E-state index is 0.117. The van der Waals surface area contributed by atoms with Crippen LogP contribution in [0.25, 0.3) is 0 Å². The van der Waals surface area contributed by atoms with E-state index in [-0.39, 0.29) is 17.1 Å². The first kappa shape index (κ1) is 12.8. The van der Waals surface area contributed by atoms with Crippen molar-refractivity contribution in [3.63, 3.8) is 0 Å². The lowest BCUT2D eigenvalue weighted by molar-refractivity contribution is 0.574. The third kappa shape index (κ3) is 3.17. The third-order valence-electron chi connectivity index (χ3n) is 2.36. The Balaban J connectivity index is 2.11. The van der Waals surface area contributed by atoms with Crippen LogP contribution in [-0.2, 0) is 6.54 Å². The van der Waals surface area contributed by atoms with Crippen molar-refractivity contribution in [1.29, 1.82) is 0 Å². The molecular weight excluding hydrogens is 263 g/mol. The Morgan fingerprint density at radius 2 is 1.72 bits per heavy atom. The molecule has 0 aliphatic rings. The van der Waals surface area contributed by atoms with Crippen LogP contribution in [0.4, 0.5) is 18.9 Å². The molecule has 18 heavy (non-hydrogen) atoms. The normalized spacial score (nSPS) is 10.4. The lowest BCUT2D eigenvalue weighted by Gasteiger charge is -2.08. The maximum absolute atomic E-state index is 13.3. The first-order chi connectivity index (χ1) is 8.54. The van der Waals surface area contributed by atoms with Crippen LogP contribution >= 0.6 is 11.6 Å². The van der Waals surface area contributed by atoms with Crippen molar-refractivity contribution in [2.45, 2.75) is 6.54 Å². The van der Waals surface area contributed by atoms with Crippen LogP contribution in [0.3, 0.4) is 0 Å². The maximum Gasteiger partial charge on any atom is 0.131 e. The van der Waals surface area contributed by atoms with Crippen LogP contribution in [0.5, 0.6) is 0 Å². The molecular formula is C13H9ClF3N. The smallest absolute Gasteiger partial charge is 0.131 e. The van der Waals surface area contributed by atoms with Gasteiger partial charge in [0.1, 0.15) is 17.5 Å². The molecule has 1 nitrogen and oxygen atoms in total. The van der Waals surface area contributed by atoms with Crippen molar-refractivity contribution >= 4 is 17.3 Å². The topological polar surface area (TPSA) is 12.0 Å². The Labute approximate surface area is 107 Å². The van der Waals surface area contributed by atoms with Gasteiger partial charge in [0, 0.05) is 28.9 Å². The highest BCUT2D eigenvalue weighted by atomic mass is 35.5. The Morgan fingerprint density at radius 1 is 0.944 bits per heavy atom. The fourth-order valence-corrected chi connectivity index (χ4v) is 1.74. The van der Waals surface area contributed by atoms with Gasteiger partial charge in [-0.05, 0) is 24.3 Å². The predicted molar refractivity (Wildman–Crippen MR) is 65.1 cm³/mol. The monoisotopic (exact) mass is 271 g/mol. The van der Waals surface area contributed by atoms with E-state index in [2.05, 4.69) is 5.32 Å². The molecule has 0 saturated heterocycles. The molecule has 0 aromatic heterocycles. The predicted octanol–water partition coefficient (Wildman–Crippen LogP) is 4.37. The molecule has 0 radical (unpaired) electrons. The number of benzene rings is 2. The highest BCUT2D eigenvalue weighted by molar-refractivity contribution is 6.30. The molecule has 0 aliphatic carbocycles. The van der Waals surface area contributed by atoms with E-state index in [1.54, 1.807) is 0 Å². The Hall–Kier alpha value is -1.68. The Morgan fingerprint density at radius 3 is 2.39 bits per heavy atom. The molecule has 2 rings (SSSR count). The summed E-state index contributed by atoms with van der Waals surface area (Å²) in [6.45, 7) is 0.117. The number of halogens is 4. The van der Waals surface area contributed by atoms with Gasteiger partial charge in [0.15, 0.2) is 0 Å². The molecule has 2 aromatic carbocycles. The van der Waals surface area contributed by atoms with Crippen molar-refractivity contribution < 1.29 is 13.2 Å². The highest BCUT2D eigenvalue weighted by Gasteiger charge is 2.04. The first-order valence-corrected chi connectivity index (χ1v) is 5.56. The molecule has 2 aromatic rings. The number of anilines is 1. The van der Waals surface area contributed by atoms with Crippen LogP contribution in [0, 0.1) is 17.5 Å². The van der Waals surface area contributed by atoms with Crippen LogP contribution in [0.15, 0.2) is 36.4 Å². The van der Waals surface area contributed by atoms with Crippen molar-refractivity contribution in [2.75, 3.05) is 5.32 Å². The average Bonchev–Trinajstić information content (AvgIpc) is 2.26.